The molecular weight excluding hydrogens is 256 g/mol. The maximum atomic E-state index is 13.2. The molecule has 0 aliphatic carbocycles. The van der Waals surface area contributed by atoms with Crippen LogP contribution < -0.4 is 0 Å². The van der Waals surface area contributed by atoms with Crippen LogP contribution in [0.25, 0.3) is 0 Å². The van der Waals surface area contributed by atoms with Crippen molar-refractivity contribution in [1.29, 1.82) is 0 Å². The van der Waals surface area contributed by atoms with E-state index in [4.69, 9.17) is 9.84 Å². The van der Waals surface area contributed by atoms with Gasteiger partial charge in [-0.25, -0.2) is 8.78 Å². The molecule has 1 fully saturated rings. The third-order valence-electron chi connectivity index (χ3n) is 3.32. The summed E-state index contributed by atoms with van der Waals surface area (Å²) in [6, 6.07) is 2.97. The van der Waals surface area contributed by atoms with Gasteiger partial charge in [0.25, 0.3) is 0 Å². The van der Waals surface area contributed by atoms with Crippen LogP contribution in [0.2, 0.25) is 0 Å². The first-order chi connectivity index (χ1) is 8.99. The van der Waals surface area contributed by atoms with E-state index in [9.17, 15) is 13.6 Å². The van der Waals surface area contributed by atoms with Crippen LogP contribution >= 0.6 is 0 Å². The summed E-state index contributed by atoms with van der Waals surface area (Å²) in [6.07, 6.45) is -0.439. The van der Waals surface area contributed by atoms with E-state index in [0.29, 0.717) is 25.3 Å². The van der Waals surface area contributed by atoms with Crippen LogP contribution in [0.4, 0.5) is 8.78 Å². The zero-order valence-corrected chi connectivity index (χ0v) is 10.5. The molecule has 6 heteroatoms. The molecule has 0 amide bonds. The van der Waals surface area contributed by atoms with Gasteiger partial charge in [-0.3, -0.25) is 9.69 Å². The first-order valence-corrected chi connectivity index (χ1v) is 6.02. The minimum absolute atomic E-state index is 0.346. The van der Waals surface area contributed by atoms with Gasteiger partial charge in [-0.1, -0.05) is 6.07 Å². The Morgan fingerprint density at radius 2 is 2.21 bits per heavy atom. The predicted octanol–water partition coefficient (Wildman–Crippen LogP) is 1.81. The quantitative estimate of drug-likeness (QED) is 0.911. The number of hydrogen-bond donors (Lipinski definition) is 1. The summed E-state index contributed by atoms with van der Waals surface area (Å²) in [5, 5.41) is 8.98. The molecule has 2 rings (SSSR count). The average molecular weight is 271 g/mol. The molecule has 0 radical (unpaired) electrons. The van der Waals surface area contributed by atoms with E-state index in [-0.39, 0.29) is 0 Å². The molecular formula is C13H15F2NO3. The zero-order valence-electron chi connectivity index (χ0n) is 10.5. The Balaban J connectivity index is 2.12. The highest BCUT2D eigenvalue weighted by molar-refractivity contribution is 5.72. The molecule has 0 unspecified atom stereocenters. The number of rotatable bonds is 3. The Hall–Kier alpha value is -1.53. The lowest BCUT2D eigenvalue weighted by atomic mass is 10.1. The molecule has 104 valence electrons. The van der Waals surface area contributed by atoms with Gasteiger partial charge in [0.2, 0.25) is 0 Å². The van der Waals surface area contributed by atoms with Crippen molar-refractivity contribution in [2.75, 3.05) is 19.7 Å². The highest BCUT2D eigenvalue weighted by Crippen LogP contribution is 2.24. The molecule has 1 aliphatic rings. The van der Waals surface area contributed by atoms with Crippen LogP contribution in [0.1, 0.15) is 18.6 Å². The fraction of sp³-hybridized carbons (Fsp3) is 0.462. The number of halogens is 2. The smallest absolute Gasteiger partial charge is 0.320 e. The van der Waals surface area contributed by atoms with Crippen LogP contribution in [0, 0.1) is 11.6 Å². The molecule has 1 aromatic rings. The zero-order chi connectivity index (χ0) is 14.0. The molecule has 0 spiro atoms. The van der Waals surface area contributed by atoms with Gasteiger partial charge in [0.1, 0.15) is 6.04 Å². The Kier molecular flexibility index (Phi) is 4.11. The van der Waals surface area contributed by atoms with Crippen molar-refractivity contribution >= 4 is 5.97 Å². The minimum atomic E-state index is -0.926. The van der Waals surface area contributed by atoms with Gasteiger partial charge in [-0.05, 0) is 24.6 Å². The fourth-order valence-electron chi connectivity index (χ4n) is 2.09. The molecule has 0 saturated carbocycles. The Bertz CT molecular complexity index is 481. The fourth-order valence-corrected chi connectivity index (χ4v) is 2.09. The van der Waals surface area contributed by atoms with E-state index >= 15 is 0 Å². The number of carboxylic acids is 1. The summed E-state index contributed by atoms with van der Waals surface area (Å²) in [4.78, 5) is 12.7. The maximum Gasteiger partial charge on any atom is 0.320 e. The van der Waals surface area contributed by atoms with Crippen molar-refractivity contribution in [2.24, 2.45) is 0 Å². The van der Waals surface area contributed by atoms with Crippen LogP contribution in [0.15, 0.2) is 18.2 Å². The number of aliphatic carboxylic acids is 1. The van der Waals surface area contributed by atoms with Gasteiger partial charge in [-0.2, -0.15) is 0 Å². The lowest BCUT2D eigenvalue weighted by molar-refractivity contribution is -0.145. The summed E-state index contributed by atoms with van der Waals surface area (Å²) in [5.41, 5.74) is 0.515. The van der Waals surface area contributed by atoms with Gasteiger partial charge in [-0.15, -0.1) is 0 Å². The summed E-state index contributed by atoms with van der Waals surface area (Å²) < 4.78 is 31.5. The number of ether oxygens (including phenoxy) is 1. The number of carbonyl (C=O) groups is 1. The topological polar surface area (TPSA) is 49.8 Å². The monoisotopic (exact) mass is 271 g/mol. The number of hydrogen-bond acceptors (Lipinski definition) is 3. The van der Waals surface area contributed by atoms with Gasteiger partial charge >= 0.3 is 5.97 Å². The Morgan fingerprint density at radius 3 is 2.84 bits per heavy atom. The van der Waals surface area contributed by atoms with Crippen LogP contribution in [-0.4, -0.2) is 41.7 Å². The lowest BCUT2D eigenvalue weighted by Gasteiger charge is -2.35. The molecule has 1 aromatic carbocycles. The van der Waals surface area contributed by atoms with Crippen LogP contribution in [0.5, 0.6) is 0 Å². The molecule has 1 aliphatic heterocycles. The highest BCUT2D eigenvalue weighted by Gasteiger charge is 2.28. The SMILES string of the molecule is C[C@@H](C(=O)O)N1CCO[C@@H](c2ccc(F)c(F)c2)C1. The average Bonchev–Trinajstić information content (AvgIpc) is 2.41. The molecule has 1 saturated heterocycles. The molecule has 0 aromatic heterocycles. The summed E-state index contributed by atoms with van der Waals surface area (Å²) in [7, 11) is 0. The van der Waals surface area contributed by atoms with E-state index in [1.165, 1.54) is 6.07 Å². The van der Waals surface area contributed by atoms with Gasteiger partial charge < -0.3 is 9.84 Å². The van der Waals surface area contributed by atoms with Gasteiger partial charge in [0.05, 0.1) is 12.7 Å². The standard InChI is InChI=1S/C13H15F2NO3/c1-8(13(17)18)16-4-5-19-12(7-16)9-2-3-10(14)11(15)6-9/h2-3,6,8,12H,4-5,7H2,1H3,(H,17,18)/t8-,12+/m0/s1. The van der Waals surface area contributed by atoms with E-state index in [1.54, 1.807) is 11.8 Å². The third kappa shape index (κ3) is 3.08. The first kappa shape index (κ1) is 13.9. The second-order valence-corrected chi connectivity index (χ2v) is 4.54. The number of nitrogens with zero attached hydrogens (tertiary/aromatic N) is 1. The Morgan fingerprint density at radius 1 is 1.47 bits per heavy atom. The van der Waals surface area contributed by atoms with Crippen molar-refractivity contribution in [3.63, 3.8) is 0 Å². The number of morpholine rings is 1. The van der Waals surface area contributed by atoms with E-state index in [2.05, 4.69) is 0 Å². The third-order valence-corrected chi connectivity index (χ3v) is 3.32. The van der Waals surface area contributed by atoms with Gasteiger partial charge in [0, 0.05) is 13.1 Å². The summed E-state index contributed by atoms with van der Waals surface area (Å²) >= 11 is 0. The van der Waals surface area contributed by atoms with Crippen molar-refractivity contribution in [3.05, 3.63) is 35.4 Å². The predicted molar refractivity (Wildman–Crippen MR) is 63.7 cm³/mol. The molecule has 1 N–H and O–H groups in total. The van der Waals surface area contributed by atoms with E-state index < -0.39 is 29.7 Å². The first-order valence-electron chi connectivity index (χ1n) is 6.02. The number of carboxylic acid groups (broad SMARTS) is 1. The minimum Gasteiger partial charge on any atom is -0.480 e. The summed E-state index contributed by atoms with van der Waals surface area (Å²) in [6.45, 7) is 2.81. The maximum absolute atomic E-state index is 13.2. The second-order valence-electron chi connectivity index (χ2n) is 4.54. The number of benzene rings is 1. The molecule has 2 atom stereocenters. The van der Waals surface area contributed by atoms with Gasteiger partial charge in [0.15, 0.2) is 11.6 Å². The lowest BCUT2D eigenvalue weighted by Crippen LogP contribution is -2.46. The summed E-state index contributed by atoms with van der Waals surface area (Å²) in [5.74, 6) is -2.74. The van der Waals surface area contributed by atoms with Crippen molar-refractivity contribution in [1.82, 2.24) is 4.90 Å². The highest BCUT2D eigenvalue weighted by atomic mass is 19.2. The molecule has 19 heavy (non-hydrogen) atoms. The van der Waals surface area contributed by atoms with Crippen LogP contribution in [-0.2, 0) is 9.53 Å². The largest absolute Gasteiger partial charge is 0.480 e. The molecule has 4 nitrogen and oxygen atoms in total. The Labute approximate surface area is 109 Å². The second kappa shape index (κ2) is 5.63. The molecule has 0 bridgehead atoms. The van der Waals surface area contributed by atoms with Crippen molar-refractivity contribution < 1.29 is 23.4 Å². The normalized spacial score (nSPS) is 22.2. The van der Waals surface area contributed by atoms with E-state index in [1.807, 2.05) is 0 Å². The molecule has 1 heterocycles. The van der Waals surface area contributed by atoms with Crippen molar-refractivity contribution in [3.8, 4) is 0 Å². The van der Waals surface area contributed by atoms with Crippen molar-refractivity contribution in [2.45, 2.75) is 19.1 Å². The van der Waals surface area contributed by atoms with Crippen LogP contribution in [0.3, 0.4) is 0 Å². The van der Waals surface area contributed by atoms with E-state index in [0.717, 1.165) is 12.1 Å².